The summed E-state index contributed by atoms with van der Waals surface area (Å²) in [6.45, 7) is 4.09. The monoisotopic (exact) mass is 214 g/mol. The Morgan fingerprint density at radius 2 is 2.36 bits per heavy atom. The first-order valence-corrected chi connectivity index (χ1v) is 5.25. The van der Waals surface area contributed by atoms with Crippen LogP contribution in [0.5, 0.6) is 0 Å². The van der Waals surface area contributed by atoms with Gasteiger partial charge in [-0.2, -0.15) is 0 Å². The average Bonchev–Trinajstić information content (AvgIpc) is 2.50. The lowest BCUT2D eigenvalue weighted by molar-refractivity contribution is -0.137. The molecule has 78 valence electrons. The molecule has 14 heavy (non-hydrogen) atoms. The van der Waals surface area contributed by atoms with Gasteiger partial charge < -0.3 is 10.8 Å². The maximum atomic E-state index is 10.4. The minimum atomic E-state index is -0.878. The van der Waals surface area contributed by atoms with Gasteiger partial charge in [0, 0.05) is 17.0 Å². The third kappa shape index (κ3) is 2.78. The number of carboxylic acids is 1. The number of nitrogens with two attached hydrogens (primary N) is 1. The predicted octanol–water partition coefficient (Wildman–Crippen LogP) is 1.74. The van der Waals surface area contributed by atoms with Crippen molar-refractivity contribution in [3.63, 3.8) is 0 Å². The summed E-state index contributed by atoms with van der Waals surface area (Å²) in [4.78, 5) is 15.5. The topological polar surface area (TPSA) is 76.2 Å². The standard InChI is InChI=1S/C9H14N2O2S/c1-5(2)9-11-4-7(14-9)6(10)3-8(12)13/h4-6H,3,10H2,1-2H3,(H,12,13). The zero-order chi connectivity index (χ0) is 10.7. The molecule has 0 aromatic carbocycles. The molecule has 0 bridgehead atoms. The maximum Gasteiger partial charge on any atom is 0.305 e. The lowest BCUT2D eigenvalue weighted by Crippen LogP contribution is -2.13. The van der Waals surface area contributed by atoms with E-state index >= 15 is 0 Å². The molecule has 1 aromatic rings. The molecule has 1 rings (SSSR count). The number of carbonyl (C=O) groups is 1. The van der Waals surface area contributed by atoms with Gasteiger partial charge in [0.05, 0.1) is 17.5 Å². The lowest BCUT2D eigenvalue weighted by Gasteiger charge is -2.04. The van der Waals surface area contributed by atoms with Gasteiger partial charge in [0.25, 0.3) is 0 Å². The summed E-state index contributed by atoms with van der Waals surface area (Å²) in [7, 11) is 0. The maximum absolute atomic E-state index is 10.4. The molecule has 1 atom stereocenters. The molecule has 1 unspecified atom stereocenters. The molecule has 0 saturated carbocycles. The van der Waals surface area contributed by atoms with E-state index in [4.69, 9.17) is 10.8 Å². The molecule has 0 fully saturated rings. The zero-order valence-corrected chi connectivity index (χ0v) is 9.04. The first-order valence-electron chi connectivity index (χ1n) is 4.43. The number of nitrogens with zero attached hydrogens (tertiary/aromatic N) is 1. The molecule has 0 radical (unpaired) electrons. The molecule has 0 saturated heterocycles. The minimum Gasteiger partial charge on any atom is -0.481 e. The number of hydrogen-bond donors (Lipinski definition) is 2. The summed E-state index contributed by atoms with van der Waals surface area (Å²) in [6.07, 6.45) is 1.63. The number of hydrogen-bond acceptors (Lipinski definition) is 4. The van der Waals surface area contributed by atoms with Gasteiger partial charge >= 0.3 is 5.97 Å². The van der Waals surface area contributed by atoms with Crippen LogP contribution in [0.4, 0.5) is 0 Å². The fraction of sp³-hybridized carbons (Fsp3) is 0.556. The molecule has 0 spiro atoms. The van der Waals surface area contributed by atoms with Crippen molar-refractivity contribution in [1.29, 1.82) is 0 Å². The summed E-state index contributed by atoms with van der Waals surface area (Å²) in [6, 6.07) is -0.433. The van der Waals surface area contributed by atoms with Gasteiger partial charge in [-0.25, -0.2) is 4.98 Å². The van der Waals surface area contributed by atoms with Crippen molar-refractivity contribution in [2.45, 2.75) is 32.2 Å². The van der Waals surface area contributed by atoms with Gasteiger partial charge in [-0.05, 0) is 0 Å². The Labute approximate surface area is 86.8 Å². The third-order valence-electron chi connectivity index (χ3n) is 1.80. The van der Waals surface area contributed by atoms with E-state index in [0.29, 0.717) is 5.92 Å². The molecule has 3 N–H and O–H groups in total. The van der Waals surface area contributed by atoms with Crippen molar-refractivity contribution in [1.82, 2.24) is 4.98 Å². The van der Waals surface area contributed by atoms with Gasteiger partial charge in [-0.15, -0.1) is 11.3 Å². The number of rotatable bonds is 4. The Morgan fingerprint density at radius 1 is 1.71 bits per heavy atom. The third-order valence-corrected chi connectivity index (χ3v) is 3.23. The van der Waals surface area contributed by atoms with Crippen LogP contribution >= 0.6 is 11.3 Å². The first kappa shape index (κ1) is 11.1. The summed E-state index contributed by atoms with van der Waals surface area (Å²) < 4.78 is 0. The second-order valence-corrected chi connectivity index (χ2v) is 4.55. The van der Waals surface area contributed by atoms with Gasteiger partial charge in [0.15, 0.2) is 0 Å². The van der Waals surface area contributed by atoms with Crippen LogP contribution in [0.2, 0.25) is 0 Å². The molecule has 0 amide bonds. The first-order chi connectivity index (χ1) is 6.50. The number of carboxylic acid groups (broad SMARTS) is 1. The minimum absolute atomic E-state index is 0.0419. The smallest absolute Gasteiger partial charge is 0.305 e. The van der Waals surface area contributed by atoms with Crippen molar-refractivity contribution in [2.75, 3.05) is 0 Å². The van der Waals surface area contributed by atoms with Crippen molar-refractivity contribution in [2.24, 2.45) is 5.73 Å². The summed E-state index contributed by atoms with van der Waals surface area (Å²) in [5.74, 6) is -0.511. The second kappa shape index (κ2) is 4.52. The Balaban J connectivity index is 2.71. The van der Waals surface area contributed by atoms with E-state index in [-0.39, 0.29) is 6.42 Å². The SMILES string of the molecule is CC(C)c1ncc(C(N)CC(=O)O)s1. The highest BCUT2D eigenvalue weighted by molar-refractivity contribution is 7.11. The van der Waals surface area contributed by atoms with Crippen LogP contribution < -0.4 is 5.73 Å². The Bertz CT molecular complexity index is 322. The Morgan fingerprint density at radius 3 is 2.79 bits per heavy atom. The van der Waals surface area contributed by atoms with Gasteiger partial charge in [0.1, 0.15) is 0 Å². The van der Waals surface area contributed by atoms with E-state index in [2.05, 4.69) is 4.98 Å². The van der Waals surface area contributed by atoms with E-state index in [1.807, 2.05) is 13.8 Å². The zero-order valence-electron chi connectivity index (χ0n) is 8.23. The molecule has 1 heterocycles. The molecule has 0 aliphatic carbocycles. The summed E-state index contributed by atoms with van der Waals surface area (Å²) in [5, 5.41) is 9.57. The quantitative estimate of drug-likeness (QED) is 0.800. The molecule has 0 aliphatic heterocycles. The molecule has 0 aliphatic rings. The van der Waals surface area contributed by atoms with Crippen LogP contribution in [0.25, 0.3) is 0 Å². The molecule has 5 heteroatoms. The highest BCUT2D eigenvalue weighted by atomic mass is 32.1. The predicted molar refractivity (Wildman–Crippen MR) is 55.4 cm³/mol. The molecular formula is C9H14N2O2S. The lowest BCUT2D eigenvalue weighted by atomic mass is 10.2. The van der Waals surface area contributed by atoms with Crippen molar-refractivity contribution in [3.05, 3.63) is 16.1 Å². The molecule has 4 nitrogen and oxygen atoms in total. The van der Waals surface area contributed by atoms with Crippen LogP contribution in [-0.4, -0.2) is 16.1 Å². The van der Waals surface area contributed by atoms with Crippen LogP contribution in [0.3, 0.4) is 0 Å². The normalized spacial score (nSPS) is 13.1. The van der Waals surface area contributed by atoms with Crippen LogP contribution in [-0.2, 0) is 4.79 Å². The number of aromatic nitrogens is 1. The second-order valence-electron chi connectivity index (χ2n) is 3.46. The Kier molecular flexibility index (Phi) is 3.60. The van der Waals surface area contributed by atoms with Gasteiger partial charge in [0.2, 0.25) is 0 Å². The Hall–Kier alpha value is -0.940. The van der Waals surface area contributed by atoms with Crippen molar-refractivity contribution >= 4 is 17.3 Å². The average molecular weight is 214 g/mol. The van der Waals surface area contributed by atoms with Crippen LogP contribution in [0, 0.1) is 0 Å². The van der Waals surface area contributed by atoms with E-state index in [9.17, 15) is 4.79 Å². The van der Waals surface area contributed by atoms with Crippen LogP contribution in [0.1, 0.15) is 42.1 Å². The largest absolute Gasteiger partial charge is 0.481 e. The van der Waals surface area contributed by atoms with E-state index in [0.717, 1.165) is 9.88 Å². The molecular weight excluding hydrogens is 200 g/mol. The highest BCUT2D eigenvalue weighted by Crippen LogP contribution is 2.26. The number of aliphatic carboxylic acids is 1. The van der Waals surface area contributed by atoms with E-state index in [1.165, 1.54) is 11.3 Å². The van der Waals surface area contributed by atoms with Crippen molar-refractivity contribution in [3.8, 4) is 0 Å². The van der Waals surface area contributed by atoms with Gasteiger partial charge in [-0.1, -0.05) is 13.8 Å². The highest BCUT2D eigenvalue weighted by Gasteiger charge is 2.14. The fourth-order valence-electron chi connectivity index (χ4n) is 1.03. The van der Waals surface area contributed by atoms with Crippen molar-refractivity contribution < 1.29 is 9.90 Å². The van der Waals surface area contributed by atoms with E-state index in [1.54, 1.807) is 6.20 Å². The number of thiazole rings is 1. The molecule has 1 aromatic heterocycles. The summed E-state index contributed by atoms with van der Waals surface area (Å²) >= 11 is 1.49. The summed E-state index contributed by atoms with van der Waals surface area (Å²) in [5.41, 5.74) is 5.70. The fourth-order valence-corrected chi connectivity index (χ4v) is 1.95. The van der Waals surface area contributed by atoms with Crippen LogP contribution in [0.15, 0.2) is 6.20 Å². The van der Waals surface area contributed by atoms with Gasteiger partial charge in [-0.3, -0.25) is 4.79 Å². The van der Waals surface area contributed by atoms with E-state index < -0.39 is 12.0 Å².